The zero-order valence-electron chi connectivity index (χ0n) is 18.4. The summed E-state index contributed by atoms with van der Waals surface area (Å²) in [6.45, 7) is 4.52. The summed E-state index contributed by atoms with van der Waals surface area (Å²) >= 11 is 1.01. The van der Waals surface area contributed by atoms with Crippen molar-refractivity contribution in [2.45, 2.75) is 39.2 Å². The van der Waals surface area contributed by atoms with E-state index < -0.39 is 23.6 Å². The number of anilines is 3. The molecule has 1 aromatic carbocycles. The average Bonchev–Trinajstić information content (AvgIpc) is 3.51. The number of halogens is 2. The van der Waals surface area contributed by atoms with Gasteiger partial charge in [-0.05, 0) is 68.0 Å². The monoisotopic (exact) mass is 472 g/mol. The van der Waals surface area contributed by atoms with Crippen molar-refractivity contribution in [1.82, 2.24) is 4.98 Å². The van der Waals surface area contributed by atoms with Gasteiger partial charge in [-0.3, -0.25) is 4.79 Å². The molecule has 5 N–H and O–H groups in total. The minimum absolute atomic E-state index is 0.113. The molecule has 2 heterocycles. The molecule has 1 atom stereocenters. The first-order chi connectivity index (χ1) is 15.8. The molecule has 1 amide bonds. The van der Waals surface area contributed by atoms with E-state index in [0.29, 0.717) is 17.2 Å². The van der Waals surface area contributed by atoms with Gasteiger partial charge in [0.2, 0.25) is 0 Å². The molecular weight excluding hydrogens is 446 g/mol. The lowest BCUT2D eigenvalue weighted by Gasteiger charge is -2.11. The standard InChI is InChI=1S/C24H26F2N4O2S/c1-3-19(31)14-8-16(25)22(17(26)9-14)20-10-15(23(27)32)24(33-20)30-21-7-6-18(12(2)29-21)28-11-13-4-5-13/h6-10,13,19,28,31H,3-5,11H2,1-2H3,(H2,27,32)(H,29,30). The summed E-state index contributed by atoms with van der Waals surface area (Å²) in [7, 11) is 0. The number of carbonyl (C=O) groups excluding carboxylic acids is 1. The van der Waals surface area contributed by atoms with Crippen molar-refractivity contribution in [1.29, 1.82) is 0 Å². The van der Waals surface area contributed by atoms with Crippen molar-refractivity contribution in [3.05, 3.63) is 58.8 Å². The summed E-state index contributed by atoms with van der Waals surface area (Å²) in [5.74, 6) is -1.14. The van der Waals surface area contributed by atoms with E-state index in [2.05, 4.69) is 15.6 Å². The highest BCUT2D eigenvalue weighted by Crippen LogP contribution is 2.40. The van der Waals surface area contributed by atoms with E-state index in [1.54, 1.807) is 13.0 Å². The SMILES string of the molecule is CCC(O)c1cc(F)c(-c2cc(C(N)=O)c(Nc3ccc(NCC4CC4)c(C)n3)s2)c(F)c1. The molecule has 0 radical (unpaired) electrons. The summed E-state index contributed by atoms with van der Waals surface area (Å²) in [6, 6.07) is 7.27. The van der Waals surface area contributed by atoms with E-state index in [9.17, 15) is 18.7 Å². The van der Waals surface area contributed by atoms with Crippen LogP contribution in [0.4, 0.5) is 25.3 Å². The number of carbonyl (C=O) groups is 1. The van der Waals surface area contributed by atoms with Crippen LogP contribution < -0.4 is 16.4 Å². The van der Waals surface area contributed by atoms with Crippen LogP contribution in [0.1, 0.15) is 53.9 Å². The molecule has 4 rings (SSSR count). The fourth-order valence-corrected chi connectivity index (χ4v) is 4.68. The number of primary amides is 1. The Hall–Kier alpha value is -3.04. The Bertz CT molecular complexity index is 1170. The minimum atomic E-state index is -0.958. The van der Waals surface area contributed by atoms with Crippen LogP contribution in [-0.4, -0.2) is 22.5 Å². The highest BCUT2D eigenvalue weighted by Gasteiger charge is 2.23. The maximum absolute atomic E-state index is 14.8. The fourth-order valence-electron chi connectivity index (χ4n) is 3.56. The maximum Gasteiger partial charge on any atom is 0.251 e. The van der Waals surface area contributed by atoms with Gasteiger partial charge in [-0.25, -0.2) is 13.8 Å². The number of hydrogen-bond acceptors (Lipinski definition) is 6. The van der Waals surface area contributed by atoms with Gasteiger partial charge in [-0.15, -0.1) is 11.3 Å². The van der Waals surface area contributed by atoms with Gasteiger partial charge >= 0.3 is 0 Å². The Labute approximate surface area is 194 Å². The Morgan fingerprint density at radius 2 is 1.97 bits per heavy atom. The van der Waals surface area contributed by atoms with Crippen LogP contribution >= 0.6 is 11.3 Å². The Balaban J connectivity index is 1.62. The largest absolute Gasteiger partial charge is 0.388 e. The van der Waals surface area contributed by atoms with Gasteiger partial charge in [0.15, 0.2) is 0 Å². The maximum atomic E-state index is 14.8. The number of thiophene rings is 1. The van der Waals surface area contributed by atoms with Crippen molar-refractivity contribution >= 4 is 33.8 Å². The fraction of sp³-hybridized carbons (Fsp3) is 0.333. The van der Waals surface area contributed by atoms with Crippen LogP contribution in [0.25, 0.3) is 10.4 Å². The van der Waals surface area contributed by atoms with Crippen molar-refractivity contribution in [3.63, 3.8) is 0 Å². The third kappa shape index (κ3) is 5.15. The first kappa shape index (κ1) is 23.1. The molecule has 6 nitrogen and oxygen atoms in total. The summed E-state index contributed by atoms with van der Waals surface area (Å²) in [5, 5.41) is 16.7. The van der Waals surface area contributed by atoms with Gasteiger partial charge in [0.25, 0.3) is 5.91 Å². The summed E-state index contributed by atoms with van der Waals surface area (Å²) in [4.78, 5) is 16.8. The van der Waals surface area contributed by atoms with E-state index >= 15 is 0 Å². The number of aryl methyl sites for hydroxylation is 1. The Morgan fingerprint density at radius 3 is 2.55 bits per heavy atom. The molecule has 1 aliphatic rings. The number of benzene rings is 1. The second-order valence-corrected chi connectivity index (χ2v) is 9.33. The lowest BCUT2D eigenvalue weighted by atomic mass is 10.0. The predicted octanol–water partition coefficient (Wildman–Crippen LogP) is 5.50. The number of aliphatic hydroxyl groups excluding tert-OH is 1. The van der Waals surface area contributed by atoms with Crippen LogP contribution in [-0.2, 0) is 0 Å². The molecule has 1 aliphatic carbocycles. The van der Waals surface area contributed by atoms with Gasteiger partial charge in [0.05, 0.1) is 28.6 Å². The van der Waals surface area contributed by atoms with Crippen molar-refractivity contribution in [2.75, 3.05) is 17.2 Å². The molecule has 9 heteroatoms. The third-order valence-corrected chi connectivity index (χ3v) is 6.75. The molecule has 0 bridgehead atoms. The number of hydrogen-bond donors (Lipinski definition) is 4. The number of nitrogens with zero attached hydrogens (tertiary/aromatic N) is 1. The van der Waals surface area contributed by atoms with Gasteiger partial charge in [0.1, 0.15) is 22.5 Å². The molecule has 0 aliphatic heterocycles. The highest BCUT2D eigenvalue weighted by molar-refractivity contribution is 7.20. The van der Waals surface area contributed by atoms with Crippen molar-refractivity contribution in [3.8, 4) is 10.4 Å². The number of aromatic nitrogens is 1. The van der Waals surface area contributed by atoms with Gasteiger partial charge in [-0.2, -0.15) is 0 Å². The van der Waals surface area contributed by atoms with Crippen molar-refractivity contribution < 1.29 is 18.7 Å². The smallest absolute Gasteiger partial charge is 0.251 e. The molecule has 1 fully saturated rings. The van der Waals surface area contributed by atoms with Crippen LogP contribution in [0.15, 0.2) is 30.3 Å². The Kier molecular flexibility index (Phi) is 6.62. The number of amides is 1. The minimum Gasteiger partial charge on any atom is -0.388 e. The van der Waals surface area contributed by atoms with Gasteiger partial charge in [0, 0.05) is 11.4 Å². The van der Waals surface area contributed by atoms with Crippen molar-refractivity contribution in [2.24, 2.45) is 11.7 Å². The zero-order valence-corrected chi connectivity index (χ0v) is 19.2. The molecule has 0 saturated heterocycles. The normalized spacial score (nSPS) is 14.2. The lowest BCUT2D eigenvalue weighted by Crippen LogP contribution is -2.12. The second-order valence-electron chi connectivity index (χ2n) is 8.28. The lowest BCUT2D eigenvalue weighted by molar-refractivity contribution is 0.100. The first-order valence-electron chi connectivity index (χ1n) is 10.9. The van der Waals surface area contributed by atoms with Gasteiger partial charge < -0.3 is 21.5 Å². The number of nitrogens with two attached hydrogens (primary N) is 1. The number of rotatable bonds is 9. The predicted molar refractivity (Wildman–Crippen MR) is 127 cm³/mol. The van der Waals surface area contributed by atoms with Crippen LogP contribution in [0.3, 0.4) is 0 Å². The van der Waals surface area contributed by atoms with E-state index in [1.807, 2.05) is 13.0 Å². The number of aliphatic hydroxyl groups is 1. The third-order valence-electron chi connectivity index (χ3n) is 5.69. The molecule has 3 aromatic rings. The van der Waals surface area contributed by atoms with E-state index in [4.69, 9.17) is 5.73 Å². The number of nitrogens with one attached hydrogen (secondary N) is 2. The van der Waals surface area contributed by atoms with E-state index in [-0.39, 0.29) is 21.6 Å². The summed E-state index contributed by atoms with van der Waals surface area (Å²) < 4.78 is 29.6. The average molecular weight is 473 g/mol. The quantitative estimate of drug-likeness (QED) is 0.329. The molecule has 1 saturated carbocycles. The molecule has 0 spiro atoms. The van der Waals surface area contributed by atoms with Gasteiger partial charge in [-0.1, -0.05) is 6.92 Å². The zero-order chi connectivity index (χ0) is 23.7. The topological polar surface area (TPSA) is 100 Å². The number of pyridine rings is 1. The molecule has 2 aromatic heterocycles. The summed E-state index contributed by atoms with van der Waals surface area (Å²) in [6.07, 6.45) is 1.87. The summed E-state index contributed by atoms with van der Waals surface area (Å²) in [5.41, 5.74) is 7.26. The highest BCUT2D eigenvalue weighted by atomic mass is 32.1. The van der Waals surface area contributed by atoms with E-state index in [1.165, 1.54) is 18.9 Å². The Morgan fingerprint density at radius 1 is 1.27 bits per heavy atom. The van der Waals surface area contributed by atoms with Crippen LogP contribution in [0.2, 0.25) is 0 Å². The first-order valence-corrected chi connectivity index (χ1v) is 11.7. The molecular formula is C24H26F2N4O2S. The molecule has 33 heavy (non-hydrogen) atoms. The van der Waals surface area contributed by atoms with E-state index in [0.717, 1.165) is 47.3 Å². The van der Waals surface area contributed by atoms with Crippen LogP contribution in [0.5, 0.6) is 0 Å². The second kappa shape index (κ2) is 9.44. The molecule has 174 valence electrons. The van der Waals surface area contributed by atoms with Crippen LogP contribution in [0, 0.1) is 24.5 Å². The molecule has 1 unspecified atom stereocenters.